The van der Waals surface area contributed by atoms with Crippen LogP contribution < -0.4 is 16.0 Å². The van der Waals surface area contributed by atoms with E-state index in [1.165, 1.54) is 0 Å². The van der Waals surface area contributed by atoms with Crippen LogP contribution in [0.4, 0.5) is 21.9 Å². The van der Waals surface area contributed by atoms with Crippen molar-refractivity contribution in [2.45, 2.75) is 19.3 Å². The van der Waals surface area contributed by atoms with Crippen LogP contribution in [0.25, 0.3) is 0 Å². The maximum Gasteiger partial charge on any atom is 0.323 e. The smallest absolute Gasteiger partial charge is 0.323 e. The maximum atomic E-state index is 12.1. The molecule has 1 heterocycles. The normalized spacial score (nSPS) is 14.3. The summed E-state index contributed by atoms with van der Waals surface area (Å²) in [4.78, 5) is 24.0. The molecule has 2 aromatic rings. The van der Waals surface area contributed by atoms with Gasteiger partial charge in [-0.05, 0) is 55.8 Å². The first-order valence-corrected chi connectivity index (χ1v) is 7.44. The number of nitriles is 1. The number of carbonyl (C=O) groups is 2. The fourth-order valence-electron chi connectivity index (χ4n) is 2.59. The Morgan fingerprint density at radius 2 is 1.71 bits per heavy atom. The Bertz CT molecular complexity index is 864. The summed E-state index contributed by atoms with van der Waals surface area (Å²) in [5, 5.41) is 17.0. The monoisotopic (exact) mass is 320 g/mol. The lowest BCUT2D eigenvalue weighted by atomic mass is 9.86. The van der Waals surface area contributed by atoms with Crippen LogP contribution in [0.1, 0.15) is 25.0 Å². The summed E-state index contributed by atoms with van der Waals surface area (Å²) >= 11 is 0. The number of nitrogens with zero attached hydrogens (tertiary/aromatic N) is 1. The highest BCUT2D eigenvalue weighted by Gasteiger charge is 2.38. The van der Waals surface area contributed by atoms with Crippen molar-refractivity contribution in [2.75, 3.05) is 16.0 Å². The lowest BCUT2D eigenvalue weighted by Crippen LogP contribution is -2.26. The summed E-state index contributed by atoms with van der Waals surface area (Å²) < 4.78 is 0. The van der Waals surface area contributed by atoms with E-state index >= 15 is 0 Å². The molecule has 120 valence electrons. The van der Waals surface area contributed by atoms with Crippen LogP contribution in [0.5, 0.6) is 0 Å². The molecule has 6 heteroatoms. The number of nitrogens with one attached hydrogen (secondary N) is 3. The highest BCUT2D eigenvalue weighted by molar-refractivity contribution is 6.07. The van der Waals surface area contributed by atoms with Gasteiger partial charge < -0.3 is 16.0 Å². The first-order valence-electron chi connectivity index (χ1n) is 7.44. The van der Waals surface area contributed by atoms with Crippen LogP contribution in [-0.2, 0) is 10.2 Å². The second-order valence-electron chi connectivity index (χ2n) is 6.11. The third-order valence-electron chi connectivity index (χ3n) is 4.04. The van der Waals surface area contributed by atoms with Gasteiger partial charge in [0.1, 0.15) is 0 Å². The van der Waals surface area contributed by atoms with Gasteiger partial charge in [0, 0.05) is 17.1 Å². The third kappa shape index (κ3) is 2.79. The Hall–Kier alpha value is -3.33. The average Bonchev–Trinajstić information content (AvgIpc) is 2.77. The Morgan fingerprint density at radius 1 is 1.08 bits per heavy atom. The Balaban J connectivity index is 1.70. The molecule has 0 fully saturated rings. The van der Waals surface area contributed by atoms with Crippen molar-refractivity contribution in [2.24, 2.45) is 0 Å². The van der Waals surface area contributed by atoms with Crippen molar-refractivity contribution in [3.63, 3.8) is 0 Å². The lowest BCUT2D eigenvalue weighted by molar-refractivity contribution is -0.119. The number of fused-ring (bicyclic) bond motifs is 1. The SMILES string of the molecule is CC1(C)C(=O)Nc2cc(NC(=O)Nc3ccc(C#N)cc3)ccc21. The van der Waals surface area contributed by atoms with Crippen molar-refractivity contribution in [3.8, 4) is 6.07 Å². The molecule has 0 radical (unpaired) electrons. The quantitative estimate of drug-likeness (QED) is 0.791. The van der Waals surface area contributed by atoms with Crippen LogP contribution in [0.2, 0.25) is 0 Å². The van der Waals surface area contributed by atoms with Gasteiger partial charge in [-0.1, -0.05) is 6.07 Å². The molecule has 0 saturated carbocycles. The predicted molar refractivity (Wildman–Crippen MR) is 91.9 cm³/mol. The average molecular weight is 320 g/mol. The largest absolute Gasteiger partial charge is 0.325 e. The fourth-order valence-corrected chi connectivity index (χ4v) is 2.59. The first kappa shape index (κ1) is 15.6. The number of hydrogen-bond acceptors (Lipinski definition) is 3. The number of hydrogen-bond donors (Lipinski definition) is 3. The van der Waals surface area contributed by atoms with Crippen molar-refractivity contribution < 1.29 is 9.59 Å². The zero-order chi connectivity index (χ0) is 17.3. The van der Waals surface area contributed by atoms with Crippen LogP contribution in [0.3, 0.4) is 0 Å². The molecule has 3 N–H and O–H groups in total. The molecule has 3 rings (SSSR count). The minimum atomic E-state index is -0.571. The zero-order valence-electron chi connectivity index (χ0n) is 13.3. The van der Waals surface area contributed by atoms with Crippen LogP contribution in [0.15, 0.2) is 42.5 Å². The number of rotatable bonds is 2. The maximum absolute atomic E-state index is 12.1. The minimum Gasteiger partial charge on any atom is -0.325 e. The van der Waals surface area contributed by atoms with Crippen LogP contribution in [-0.4, -0.2) is 11.9 Å². The number of amides is 3. The van der Waals surface area contributed by atoms with Crippen molar-refractivity contribution in [3.05, 3.63) is 53.6 Å². The van der Waals surface area contributed by atoms with E-state index in [2.05, 4.69) is 16.0 Å². The Labute approximate surface area is 139 Å². The fraction of sp³-hybridized carbons (Fsp3) is 0.167. The number of anilines is 3. The Morgan fingerprint density at radius 3 is 2.38 bits per heavy atom. The molecule has 0 bridgehead atoms. The molecule has 0 aromatic heterocycles. The number of urea groups is 1. The molecule has 0 atom stereocenters. The van der Waals surface area contributed by atoms with Crippen LogP contribution >= 0.6 is 0 Å². The number of carbonyl (C=O) groups excluding carboxylic acids is 2. The standard InChI is InChI=1S/C18H16N4O2/c1-18(2)14-8-7-13(9-15(14)22-16(18)23)21-17(24)20-12-5-3-11(10-19)4-6-12/h3-9H,1-2H3,(H,22,23)(H2,20,21,24). The molecule has 0 unspecified atom stereocenters. The van der Waals surface area contributed by atoms with Gasteiger partial charge in [-0.2, -0.15) is 5.26 Å². The minimum absolute atomic E-state index is 0.0586. The molecule has 1 aliphatic rings. The van der Waals surface area contributed by atoms with Gasteiger partial charge in [0.05, 0.1) is 17.0 Å². The van der Waals surface area contributed by atoms with Gasteiger partial charge in [-0.25, -0.2) is 4.79 Å². The van der Waals surface area contributed by atoms with Gasteiger partial charge in [-0.15, -0.1) is 0 Å². The van der Waals surface area contributed by atoms with Crippen molar-refractivity contribution >= 4 is 29.0 Å². The van der Waals surface area contributed by atoms with Gasteiger partial charge in [-0.3, -0.25) is 4.79 Å². The van der Waals surface area contributed by atoms with Crippen molar-refractivity contribution in [1.29, 1.82) is 5.26 Å². The van der Waals surface area contributed by atoms with E-state index in [0.29, 0.717) is 22.6 Å². The van der Waals surface area contributed by atoms with E-state index in [4.69, 9.17) is 5.26 Å². The van der Waals surface area contributed by atoms with E-state index in [1.807, 2.05) is 26.0 Å². The second kappa shape index (κ2) is 5.70. The molecule has 24 heavy (non-hydrogen) atoms. The van der Waals surface area contributed by atoms with Gasteiger partial charge in [0.2, 0.25) is 5.91 Å². The molecule has 0 aliphatic carbocycles. The van der Waals surface area contributed by atoms with E-state index in [-0.39, 0.29) is 5.91 Å². The molecule has 0 spiro atoms. The predicted octanol–water partition coefficient (Wildman–Crippen LogP) is 3.43. The van der Waals surface area contributed by atoms with E-state index < -0.39 is 11.4 Å². The molecular weight excluding hydrogens is 304 g/mol. The van der Waals surface area contributed by atoms with Gasteiger partial charge in [0.15, 0.2) is 0 Å². The van der Waals surface area contributed by atoms with Crippen LogP contribution in [0, 0.1) is 11.3 Å². The van der Waals surface area contributed by atoms with E-state index in [1.54, 1.807) is 36.4 Å². The summed E-state index contributed by atoms with van der Waals surface area (Å²) in [5.41, 5.74) is 2.74. The van der Waals surface area contributed by atoms with E-state index in [9.17, 15) is 9.59 Å². The van der Waals surface area contributed by atoms with Gasteiger partial charge >= 0.3 is 6.03 Å². The topological polar surface area (TPSA) is 94.0 Å². The first-order chi connectivity index (χ1) is 11.4. The summed E-state index contributed by atoms with van der Waals surface area (Å²) in [5.74, 6) is -0.0586. The molecule has 3 amide bonds. The third-order valence-corrected chi connectivity index (χ3v) is 4.04. The van der Waals surface area contributed by atoms with E-state index in [0.717, 1.165) is 5.56 Å². The zero-order valence-corrected chi connectivity index (χ0v) is 13.3. The number of benzene rings is 2. The summed E-state index contributed by atoms with van der Waals surface area (Å²) in [6, 6.07) is 13.5. The molecule has 0 saturated heterocycles. The Kier molecular flexibility index (Phi) is 3.70. The molecule has 6 nitrogen and oxygen atoms in total. The highest BCUT2D eigenvalue weighted by Crippen LogP contribution is 2.38. The van der Waals surface area contributed by atoms with Gasteiger partial charge in [0.25, 0.3) is 0 Å². The second-order valence-corrected chi connectivity index (χ2v) is 6.11. The molecule has 1 aliphatic heterocycles. The highest BCUT2D eigenvalue weighted by atomic mass is 16.2. The summed E-state index contributed by atoms with van der Waals surface area (Å²) in [6.45, 7) is 3.72. The van der Waals surface area contributed by atoms with Crippen molar-refractivity contribution in [1.82, 2.24) is 0 Å². The summed E-state index contributed by atoms with van der Waals surface area (Å²) in [7, 11) is 0. The molecule has 2 aromatic carbocycles. The summed E-state index contributed by atoms with van der Waals surface area (Å²) in [6.07, 6.45) is 0. The molecular formula is C18H16N4O2. The lowest BCUT2D eigenvalue weighted by Gasteiger charge is -2.15.